The summed E-state index contributed by atoms with van der Waals surface area (Å²) < 4.78 is 18.0. The molecule has 0 fully saturated rings. The number of benzene rings is 1. The van der Waals surface area contributed by atoms with Gasteiger partial charge in [0.2, 0.25) is 0 Å². The largest absolute Gasteiger partial charge is 0.480 e. The summed E-state index contributed by atoms with van der Waals surface area (Å²) in [6.07, 6.45) is 0. The Morgan fingerprint density at radius 2 is 1.88 bits per heavy atom. The fourth-order valence-corrected chi connectivity index (χ4v) is 1.41. The molecule has 0 aliphatic carbocycles. The highest BCUT2D eigenvalue weighted by atomic mass is 19.1. The highest BCUT2D eigenvalue weighted by Gasteiger charge is 2.18. The Morgan fingerprint density at radius 3 is 2.47 bits per heavy atom. The Kier molecular flexibility index (Phi) is 2.93. The van der Waals surface area contributed by atoms with E-state index in [0.29, 0.717) is 11.3 Å². The first-order valence-electron chi connectivity index (χ1n) is 4.92. The summed E-state index contributed by atoms with van der Waals surface area (Å²) in [4.78, 5) is 10.7. The lowest BCUT2D eigenvalue weighted by Crippen LogP contribution is -2.19. The van der Waals surface area contributed by atoms with Gasteiger partial charge in [0, 0.05) is 5.56 Å². The van der Waals surface area contributed by atoms with Crippen LogP contribution in [0.5, 0.6) is 0 Å². The van der Waals surface area contributed by atoms with Crippen molar-refractivity contribution in [2.45, 2.75) is 6.04 Å². The summed E-state index contributed by atoms with van der Waals surface area (Å²) in [6, 6.07) is 7.60. The molecular weight excluding hydrogens is 225 g/mol. The van der Waals surface area contributed by atoms with Crippen molar-refractivity contribution in [1.82, 2.24) is 0 Å². The summed E-state index contributed by atoms with van der Waals surface area (Å²) in [7, 11) is 0. The molecule has 1 atom stereocenters. The fourth-order valence-electron chi connectivity index (χ4n) is 1.41. The van der Waals surface area contributed by atoms with Crippen LogP contribution in [0.2, 0.25) is 0 Å². The lowest BCUT2D eigenvalue weighted by atomic mass is 10.2. The molecule has 1 aromatic heterocycles. The third kappa shape index (κ3) is 2.34. The van der Waals surface area contributed by atoms with Crippen LogP contribution in [0.4, 0.5) is 4.39 Å². The van der Waals surface area contributed by atoms with Crippen LogP contribution in [0.1, 0.15) is 11.8 Å². The first-order chi connectivity index (χ1) is 8.08. The molecule has 1 heterocycles. The molecule has 0 amide bonds. The van der Waals surface area contributed by atoms with E-state index in [1.165, 1.54) is 18.2 Å². The van der Waals surface area contributed by atoms with E-state index in [2.05, 4.69) is 0 Å². The van der Waals surface area contributed by atoms with Crippen LogP contribution in [0.3, 0.4) is 0 Å². The predicted molar refractivity (Wildman–Crippen MR) is 58.7 cm³/mol. The molecule has 17 heavy (non-hydrogen) atoms. The van der Waals surface area contributed by atoms with E-state index < -0.39 is 12.0 Å². The standard InChI is InChI=1S/C12H10FNO3/c13-8-3-1-7(2-4-8)9-5-6-10(17-9)11(14)12(15)16/h1-6,11H,14H2,(H,15,16). The smallest absolute Gasteiger partial charge is 0.328 e. The van der Waals surface area contributed by atoms with Crippen LogP contribution < -0.4 is 5.73 Å². The zero-order valence-corrected chi connectivity index (χ0v) is 8.76. The molecule has 4 nitrogen and oxygen atoms in total. The highest BCUT2D eigenvalue weighted by molar-refractivity contribution is 5.74. The Morgan fingerprint density at radius 1 is 1.24 bits per heavy atom. The Labute approximate surface area is 96.5 Å². The van der Waals surface area contributed by atoms with Gasteiger partial charge in [-0.3, -0.25) is 4.79 Å². The molecule has 3 N–H and O–H groups in total. The molecule has 0 saturated carbocycles. The molecule has 1 aromatic carbocycles. The number of carboxylic acids is 1. The molecule has 0 aliphatic heterocycles. The van der Waals surface area contributed by atoms with Crippen LogP contribution in [0, 0.1) is 5.82 Å². The molecule has 0 bridgehead atoms. The van der Waals surface area contributed by atoms with Crippen LogP contribution in [-0.2, 0) is 4.79 Å². The highest BCUT2D eigenvalue weighted by Crippen LogP contribution is 2.24. The van der Waals surface area contributed by atoms with E-state index >= 15 is 0 Å². The Balaban J connectivity index is 2.29. The summed E-state index contributed by atoms with van der Waals surface area (Å²) in [5.41, 5.74) is 6.06. The molecule has 88 valence electrons. The molecule has 0 saturated heterocycles. The zero-order valence-electron chi connectivity index (χ0n) is 8.76. The van der Waals surface area contributed by atoms with Gasteiger partial charge >= 0.3 is 5.97 Å². The average Bonchev–Trinajstić information content (AvgIpc) is 2.78. The minimum Gasteiger partial charge on any atom is -0.480 e. The average molecular weight is 235 g/mol. The number of carbonyl (C=O) groups is 1. The van der Waals surface area contributed by atoms with Crippen molar-refractivity contribution in [3.05, 3.63) is 48.0 Å². The van der Waals surface area contributed by atoms with Gasteiger partial charge in [-0.15, -0.1) is 0 Å². The molecule has 5 heteroatoms. The number of halogens is 1. The zero-order chi connectivity index (χ0) is 12.4. The van der Waals surface area contributed by atoms with Gasteiger partial charge in [0.15, 0.2) is 6.04 Å². The maximum atomic E-state index is 12.7. The van der Waals surface area contributed by atoms with Crippen molar-refractivity contribution in [2.75, 3.05) is 0 Å². The predicted octanol–water partition coefficient (Wildman–Crippen LogP) is 2.17. The van der Waals surface area contributed by atoms with Crippen LogP contribution in [0.25, 0.3) is 11.3 Å². The molecule has 0 radical (unpaired) electrons. The van der Waals surface area contributed by atoms with E-state index in [-0.39, 0.29) is 11.6 Å². The number of hydrogen-bond donors (Lipinski definition) is 2. The summed E-state index contributed by atoms with van der Waals surface area (Å²) in [5, 5.41) is 8.72. The van der Waals surface area contributed by atoms with E-state index in [4.69, 9.17) is 15.3 Å². The second-order valence-electron chi connectivity index (χ2n) is 3.52. The number of nitrogens with two attached hydrogens (primary N) is 1. The number of carboxylic acid groups (broad SMARTS) is 1. The molecule has 0 spiro atoms. The number of hydrogen-bond acceptors (Lipinski definition) is 3. The van der Waals surface area contributed by atoms with Gasteiger partial charge in [0.1, 0.15) is 17.3 Å². The van der Waals surface area contributed by atoms with Gasteiger partial charge < -0.3 is 15.3 Å². The SMILES string of the molecule is NC(C(=O)O)c1ccc(-c2ccc(F)cc2)o1. The minimum absolute atomic E-state index is 0.164. The minimum atomic E-state index is -1.19. The molecular formula is C12H10FNO3. The molecule has 2 rings (SSSR count). The molecule has 0 aliphatic rings. The van der Waals surface area contributed by atoms with E-state index in [1.807, 2.05) is 0 Å². The number of furan rings is 1. The van der Waals surface area contributed by atoms with Gasteiger partial charge in [-0.1, -0.05) is 0 Å². The van der Waals surface area contributed by atoms with Crippen LogP contribution in [-0.4, -0.2) is 11.1 Å². The number of aliphatic carboxylic acids is 1. The van der Waals surface area contributed by atoms with Gasteiger partial charge in [-0.2, -0.15) is 0 Å². The lowest BCUT2D eigenvalue weighted by molar-refractivity contribution is -0.139. The Bertz CT molecular complexity index is 533. The monoisotopic (exact) mass is 235 g/mol. The Hall–Kier alpha value is -2.14. The summed E-state index contributed by atoms with van der Waals surface area (Å²) in [6.45, 7) is 0. The number of rotatable bonds is 3. The van der Waals surface area contributed by atoms with Gasteiger partial charge in [-0.05, 0) is 36.4 Å². The second kappa shape index (κ2) is 4.39. The third-order valence-corrected chi connectivity index (χ3v) is 2.33. The summed E-state index contributed by atoms with van der Waals surface area (Å²) in [5.74, 6) is -0.888. The molecule has 1 unspecified atom stereocenters. The normalized spacial score (nSPS) is 12.4. The van der Waals surface area contributed by atoms with Gasteiger partial charge in [0.05, 0.1) is 0 Å². The van der Waals surface area contributed by atoms with Crippen molar-refractivity contribution in [3.63, 3.8) is 0 Å². The van der Waals surface area contributed by atoms with Crippen molar-refractivity contribution in [3.8, 4) is 11.3 Å². The lowest BCUT2D eigenvalue weighted by Gasteiger charge is -2.01. The van der Waals surface area contributed by atoms with Crippen molar-refractivity contribution >= 4 is 5.97 Å². The quantitative estimate of drug-likeness (QED) is 0.854. The molecule has 2 aromatic rings. The van der Waals surface area contributed by atoms with Gasteiger partial charge in [-0.25, -0.2) is 4.39 Å². The fraction of sp³-hybridized carbons (Fsp3) is 0.0833. The van der Waals surface area contributed by atoms with E-state index in [0.717, 1.165) is 0 Å². The van der Waals surface area contributed by atoms with E-state index in [9.17, 15) is 9.18 Å². The maximum absolute atomic E-state index is 12.7. The van der Waals surface area contributed by atoms with Crippen molar-refractivity contribution < 1.29 is 18.7 Å². The van der Waals surface area contributed by atoms with Gasteiger partial charge in [0.25, 0.3) is 0 Å². The van der Waals surface area contributed by atoms with Crippen LogP contribution >= 0.6 is 0 Å². The first kappa shape index (κ1) is 11.3. The first-order valence-corrected chi connectivity index (χ1v) is 4.92. The van der Waals surface area contributed by atoms with Crippen LogP contribution in [0.15, 0.2) is 40.8 Å². The second-order valence-corrected chi connectivity index (χ2v) is 3.52. The summed E-state index contributed by atoms with van der Waals surface area (Å²) >= 11 is 0. The van der Waals surface area contributed by atoms with E-state index in [1.54, 1.807) is 18.2 Å². The van der Waals surface area contributed by atoms with Crippen molar-refractivity contribution in [1.29, 1.82) is 0 Å². The topological polar surface area (TPSA) is 76.5 Å². The van der Waals surface area contributed by atoms with Crippen molar-refractivity contribution in [2.24, 2.45) is 5.73 Å². The maximum Gasteiger partial charge on any atom is 0.328 e. The third-order valence-electron chi connectivity index (χ3n) is 2.33.